The molecule has 0 aliphatic rings. The van der Waals surface area contributed by atoms with Crippen LogP contribution < -0.4 is 10.1 Å². The maximum absolute atomic E-state index is 12.4. The number of thiophene rings is 1. The van der Waals surface area contributed by atoms with Gasteiger partial charge in [0, 0.05) is 0 Å². The lowest BCUT2D eigenvalue weighted by Crippen LogP contribution is -2.38. The molecule has 0 bridgehead atoms. The fourth-order valence-electron chi connectivity index (χ4n) is 1.89. The summed E-state index contributed by atoms with van der Waals surface area (Å²) in [5.74, 6) is -1.35. The van der Waals surface area contributed by atoms with Crippen molar-refractivity contribution in [2.24, 2.45) is 0 Å². The number of carbonyl (C=O) groups excluding carboxylic acids is 1. The highest BCUT2D eigenvalue weighted by molar-refractivity contribution is 7.08. The monoisotopic (exact) mass is 345 g/mol. The third-order valence-corrected chi connectivity index (χ3v) is 3.78. The van der Waals surface area contributed by atoms with Crippen molar-refractivity contribution in [3.8, 4) is 5.75 Å². The topological polar surface area (TPSA) is 58.6 Å². The molecule has 1 atom stereocenters. The molecule has 8 heteroatoms. The Labute approximate surface area is 134 Å². The van der Waals surface area contributed by atoms with E-state index >= 15 is 0 Å². The molecule has 1 amide bonds. The van der Waals surface area contributed by atoms with Crippen molar-refractivity contribution in [2.45, 2.75) is 18.9 Å². The number of carbonyl (C=O) groups is 1. The number of aliphatic hydroxyl groups is 1. The number of hydrogen-bond acceptors (Lipinski definition) is 4. The predicted octanol–water partition coefficient (Wildman–Crippen LogP) is 3.28. The van der Waals surface area contributed by atoms with E-state index < -0.39 is 23.6 Å². The van der Waals surface area contributed by atoms with E-state index in [0.717, 1.165) is 6.07 Å². The van der Waals surface area contributed by atoms with Gasteiger partial charge in [-0.05, 0) is 41.4 Å². The fourth-order valence-corrected chi connectivity index (χ4v) is 2.67. The molecule has 1 aromatic heterocycles. The zero-order valence-electron chi connectivity index (χ0n) is 12.1. The van der Waals surface area contributed by atoms with Gasteiger partial charge in [-0.15, -0.1) is 13.2 Å². The average Bonchev–Trinajstić information content (AvgIpc) is 2.99. The average molecular weight is 345 g/mol. The molecular formula is C15H14F3NO3S. The number of ether oxygens (including phenoxy) is 1. The molecule has 124 valence electrons. The van der Waals surface area contributed by atoms with Crippen LogP contribution in [0.5, 0.6) is 5.75 Å². The SMILES string of the molecule is CC(O)(CNC(=O)c1ccccc1OC(F)(F)F)c1ccsc1. The van der Waals surface area contributed by atoms with Gasteiger partial charge in [0.05, 0.1) is 12.1 Å². The maximum Gasteiger partial charge on any atom is 0.573 e. The van der Waals surface area contributed by atoms with Crippen LogP contribution in [0.2, 0.25) is 0 Å². The van der Waals surface area contributed by atoms with E-state index in [1.165, 1.54) is 36.5 Å². The molecular weight excluding hydrogens is 331 g/mol. The van der Waals surface area contributed by atoms with E-state index in [9.17, 15) is 23.1 Å². The van der Waals surface area contributed by atoms with Gasteiger partial charge in [-0.2, -0.15) is 11.3 Å². The van der Waals surface area contributed by atoms with Gasteiger partial charge in [-0.1, -0.05) is 12.1 Å². The standard InChI is InChI=1S/C15H14F3NO3S/c1-14(21,10-6-7-23-8-10)9-19-13(20)11-4-2-3-5-12(11)22-15(16,17)18/h2-8,21H,9H2,1H3,(H,19,20). The van der Waals surface area contributed by atoms with Gasteiger partial charge in [0.25, 0.3) is 5.91 Å². The van der Waals surface area contributed by atoms with Crippen LogP contribution in [0.4, 0.5) is 13.2 Å². The highest BCUT2D eigenvalue weighted by Crippen LogP contribution is 2.27. The summed E-state index contributed by atoms with van der Waals surface area (Å²) >= 11 is 1.39. The molecule has 2 aromatic rings. The number of para-hydroxylation sites is 1. The Bertz CT molecular complexity index is 669. The molecule has 1 heterocycles. The second-order valence-corrected chi connectivity index (χ2v) is 5.79. The molecule has 0 fully saturated rings. The summed E-state index contributed by atoms with van der Waals surface area (Å²) in [6.45, 7) is 1.36. The van der Waals surface area contributed by atoms with Gasteiger partial charge >= 0.3 is 6.36 Å². The van der Waals surface area contributed by atoms with Crippen LogP contribution in [0.3, 0.4) is 0 Å². The fraction of sp³-hybridized carbons (Fsp3) is 0.267. The van der Waals surface area contributed by atoms with E-state index in [4.69, 9.17) is 0 Å². The largest absolute Gasteiger partial charge is 0.573 e. The second-order valence-electron chi connectivity index (χ2n) is 5.01. The summed E-state index contributed by atoms with van der Waals surface area (Å²) in [5.41, 5.74) is -0.969. The molecule has 0 saturated carbocycles. The molecule has 1 unspecified atom stereocenters. The lowest BCUT2D eigenvalue weighted by molar-refractivity contribution is -0.274. The van der Waals surface area contributed by atoms with E-state index in [2.05, 4.69) is 10.1 Å². The van der Waals surface area contributed by atoms with Crippen LogP contribution in [0.25, 0.3) is 0 Å². The lowest BCUT2D eigenvalue weighted by Gasteiger charge is -2.23. The summed E-state index contributed by atoms with van der Waals surface area (Å²) in [6, 6.07) is 6.74. The zero-order valence-corrected chi connectivity index (χ0v) is 12.9. The highest BCUT2D eigenvalue weighted by atomic mass is 32.1. The number of nitrogens with one attached hydrogen (secondary N) is 1. The van der Waals surface area contributed by atoms with Crippen molar-refractivity contribution in [3.63, 3.8) is 0 Å². The van der Waals surface area contributed by atoms with Crippen LogP contribution in [0.1, 0.15) is 22.8 Å². The van der Waals surface area contributed by atoms with Crippen molar-refractivity contribution in [2.75, 3.05) is 6.54 Å². The van der Waals surface area contributed by atoms with Gasteiger partial charge in [-0.3, -0.25) is 4.79 Å². The van der Waals surface area contributed by atoms with Crippen LogP contribution in [0.15, 0.2) is 41.1 Å². The summed E-state index contributed by atoms with van der Waals surface area (Å²) in [4.78, 5) is 12.1. The molecule has 0 saturated heterocycles. The first kappa shape index (κ1) is 17.3. The van der Waals surface area contributed by atoms with Crippen LogP contribution in [0, 0.1) is 0 Å². The Morgan fingerprint density at radius 2 is 2.00 bits per heavy atom. The van der Waals surface area contributed by atoms with Gasteiger partial charge < -0.3 is 15.2 Å². The third kappa shape index (κ3) is 4.70. The van der Waals surface area contributed by atoms with Gasteiger partial charge in [0.2, 0.25) is 0 Å². The molecule has 0 radical (unpaired) electrons. The zero-order chi connectivity index (χ0) is 17.1. The smallest absolute Gasteiger partial charge is 0.405 e. The molecule has 4 nitrogen and oxygen atoms in total. The van der Waals surface area contributed by atoms with Crippen LogP contribution in [-0.2, 0) is 5.60 Å². The minimum absolute atomic E-state index is 0.150. The minimum atomic E-state index is -4.89. The van der Waals surface area contributed by atoms with Crippen LogP contribution >= 0.6 is 11.3 Å². The number of benzene rings is 1. The normalized spacial score (nSPS) is 14.1. The molecule has 1 aromatic carbocycles. The van der Waals surface area contributed by atoms with Crippen molar-refractivity contribution < 1.29 is 27.8 Å². The Balaban J connectivity index is 2.10. The third-order valence-electron chi connectivity index (χ3n) is 3.09. The summed E-state index contributed by atoms with van der Waals surface area (Å²) in [5, 5.41) is 16.2. The molecule has 23 heavy (non-hydrogen) atoms. The van der Waals surface area contributed by atoms with Gasteiger partial charge in [0.15, 0.2) is 0 Å². The van der Waals surface area contributed by atoms with E-state index in [1.54, 1.807) is 16.8 Å². The Kier molecular flexibility index (Phi) is 4.96. The van der Waals surface area contributed by atoms with E-state index in [1.807, 2.05) is 0 Å². The second kappa shape index (κ2) is 6.59. The predicted molar refractivity (Wildman–Crippen MR) is 79.3 cm³/mol. The maximum atomic E-state index is 12.4. The number of amides is 1. The number of rotatable bonds is 5. The van der Waals surface area contributed by atoms with Crippen LogP contribution in [-0.4, -0.2) is 23.9 Å². The van der Waals surface area contributed by atoms with E-state index in [-0.39, 0.29) is 12.1 Å². The molecule has 0 aliphatic heterocycles. The van der Waals surface area contributed by atoms with Crippen molar-refractivity contribution >= 4 is 17.2 Å². The Hall–Kier alpha value is -2.06. The Morgan fingerprint density at radius 1 is 1.30 bits per heavy atom. The summed E-state index contributed by atoms with van der Waals surface area (Å²) in [6.07, 6.45) is -4.89. The van der Waals surface area contributed by atoms with Crippen molar-refractivity contribution in [1.29, 1.82) is 0 Å². The first-order valence-electron chi connectivity index (χ1n) is 6.57. The summed E-state index contributed by atoms with van der Waals surface area (Å²) < 4.78 is 40.9. The van der Waals surface area contributed by atoms with Gasteiger partial charge in [0.1, 0.15) is 11.4 Å². The number of hydrogen-bond donors (Lipinski definition) is 2. The first-order chi connectivity index (χ1) is 10.7. The highest BCUT2D eigenvalue weighted by Gasteiger charge is 2.33. The first-order valence-corrected chi connectivity index (χ1v) is 7.51. The minimum Gasteiger partial charge on any atom is -0.405 e. The lowest BCUT2D eigenvalue weighted by atomic mass is 9.99. The number of alkyl halides is 3. The number of halogens is 3. The van der Waals surface area contributed by atoms with Crippen molar-refractivity contribution in [1.82, 2.24) is 5.32 Å². The molecule has 2 N–H and O–H groups in total. The Morgan fingerprint density at radius 3 is 2.61 bits per heavy atom. The molecule has 0 spiro atoms. The molecule has 0 aliphatic carbocycles. The van der Waals surface area contributed by atoms with Crippen molar-refractivity contribution in [3.05, 3.63) is 52.2 Å². The van der Waals surface area contributed by atoms with Gasteiger partial charge in [-0.25, -0.2) is 0 Å². The van der Waals surface area contributed by atoms with E-state index in [0.29, 0.717) is 5.56 Å². The summed E-state index contributed by atoms with van der Waals surface area (Å²) in [7, 11) is 0. The molecule has 2 rings (SSSR count). The quantitative estimate of drug-likeness (QED) is 0.874.